The largest absolute Gasteiger partial charge is 0.467 e. The molecule has 3 heterocycles. The zero-order valence-electron chi connectivity index (χ0n) is 16.6. The molecule has 0 bridgehead atoms. The molecule has 2 unspecified atom stereocenters. The topological polar surface area (TPSA) is 105 Å². The number of carbonyl (C=O) groups excluding carboxylic acids is 1. The van der Waals surface area contributed by atoms with E-state index in [0.29, 0.717) is 28.9 Å². The fourth-order valence-corrected chi connectivity index (χ4v) is 3.73. The maximum Gasteiger partial charge on any atom is 0.316 e. The van der Waals surface area contributed by atoms with Gasteiger partial charge in [-0.15, -0.1) is 0 Å². The first-order valence-electron chi connectivity index (χ1n) is 9.48. The zero-order valence-corrected chi connectivity index (χ0v) is 16.6. The Balaban J connectivity index is 1.77. The number of hydrogen-bond acceptors (Lipinski definition) is 8. The lowest BCUT2D eigenvalue weighted by atomic mass is 10.0. The van der Waals surface area contributed by atoms with Gasteiger partial charge in [-0.2, -0.15) is 15.2 Å². The summed E-state index contributed by atoms with van der Waals surface area (Å²) in [5, 5.41) is 14.7. The molecule has 9 nitrogen and oxygen atoms in total. The summed E-state index contributed by atoms with van der Waals surface area (Å²) < 4.78 is 5.20. The van der Waals surface area contributed by atoms with Crippen LogP contribution in [0.2, 0.25) is 0 Å². The lowest BCUT2D eigenvalue weighted by Gasteiger charge is -2.38. The van der Waals surface area contributed by atoms with Crippen LogP contribution in [-0.2, 0) is 0 Å². The highest BCUT2D eigenvalue weighted by Gasteiger charge is 2.24. The Morgan fingerprint density at radius 1 is 1.17 bits per heavy atom. The molecule has 2 atom stereocenters. The number of fused-ring (bicyclic) bond motifs is 1. The summed E-state index contributed by atoms with van der Waals surface area (Å²) >= 11 is 0. The van der Waals surface area contributed by atoms with E-state index < -0.39 is 0 Å². The Hall–Kier alpha value is -3.33. The molecule has 1 aromatic carbocycles. The van der Waals surface area contributed by atoms with E-state index in [2.05, 4.69) is 49.5 Å². The molecular weight excluding hydrogens is 370 g/mol. The molecule has 29 heavy (non-hydrogen) atoms. The fourth-order valence-electron chi connectivity index (χ4n) is 3.73. The van der Waals surface area contributed by atoms with Crippen LogP contribution in [0.4, 0.5) is 11.4 Å². The summed E-state index contributed by atoms with van der Waals surface area (Å²) in [4.78, 5) is 24.0. The number of benzene rings is 1. The first-order chi connectivity index (χ1) is 14.0. The van der Waals surface area contributed by atoms with Crippen molar-refractivity contribution in [2.45, 2.75) is 25.9 Å². The van der Waals surface area contributed by atoms with Crippen LogP contribution in [0.15, 0.2) is 36.8 Å². The van der Waals surface area contributed by atoms with Gasteiger partial charge in [-0.25, -0.2) is 4.98 Å². The molecular formula is C20H23N7O2. The third kappa shape index (κ3) is 3.95. The standard InChI is InChI=1S/C20H23N7O2/c1-12-10-27(11-13(2)24-12)17-5-4-15(18-16(17)9-21-20(26-18)29-3)19(28)25-14-6-7-22-23-8-14/h4-9,12-13,24H,10-11H2,1-3H3,(H,22,25,28). The molecule has 0 saturated carbocycles. The minimum absolute atomic E-state index is 0.219. The summed E-state index contributed by atoms with van der Waals surface area (Å²) in [5.41, 5.74) is 2.56. The number of ether oxygens (including phenoxy) is 1. The quantitative estimate of drug-likeness (QED) is 0.692. The van der Waals surface area contributed by atoms with Crippen LogP contribution in [0.25, 0.3) is 10.9 Å². The van der Waals surface area contributed by atoms with Gasteiger partial charge < -0.3 is 20.3 Å². The van der Waals surface area contributed by atoms with E-state index in [0.717, 1.165) is 24.2 Å². The molecule has 0 spiro atoms. The molecule has 1 aliphatic heterocycles. The van der Waals surface area contributed by atoms with Crippen LogP contribution in [0.5, 0.6) is 6.01 Å². The van der Waals surface area contributed by atoms with Gasteiger partial charge in [0.2, 0.25) is 0 Å². The van der Waals surface area contributed by atoms with Crippen molar-refractivity contribution < 1.29 is 9.53 Å². The fraction of sp³-hybridized carbons (Fsp3) is 0.350. The Morgan fingerprint density at radius 3 is 2.66 bits per heavy atom. The second-order valence-corrected chi connectivity index (χ2v) is 7.21. The lowest BCUT2D eigenvalue weighted by molar-refractivity contribution is 0.102. The highest BCUT2D eigenvalue weighted by molar-refractivity contribution is 6.13. The molecule has 9 heteroatoms. The lowest BCUT2D eigenvalue weighted by Crippen LogP contribution is -2.54. The SMILES string of the molecule is COc1ncc2c(N3CC(C)NC(C)C3)ccc(C(=O)Nc3ccnnc3)c2n1. The first-order valence-corrected chi connectivity index (χ1v) is 9.48. The third-order valence-corrected chi connectivity index (χ3v) is 4.87. The molecule has 150 valence electrons. The number of piperazine rings is 1. The number of carbonyl (C=O) groups is 1. The van der Waals surface area contributed by atoms with Crippen LogP contribution >= 0.6 is 0 Å². The smallest absolute Gasteiger partial charge is 0.316 e. The van der Waals surface area contributed by atoms with E-state index in [9.17, 15) is 4.79 Å². The van der Waals surface area contributed by atoms with E-state index in [-0.39, 0.29) is 11.9 Å². The molecule has 4 rings (SSSR count). The second-order valence-electron chi connectivity index (χ2n) is 7.21. The Bertz CT molecular complexity index is 1020. The van der Waals surface area contributed by atoms with Gasteiger partial charge in [0, 0.05) is 42.4 Å². The summed E-state index contributed by atoms with van der Waals surface area (Å²) in [6.07, 6.45) is 4.74. The van der Waals surface area contributed by atoms with E-state index in [1.165, 1.54) is 19.5 Å². The van der Waals surface area contributed by atoms with Crippen LogP contribution in [-0.4, -0.2) is 58.4 Å². The van der Waals surface area contributed by atoms with E-state index in [1.54, 1.807) is 18.3 Å². The minimum atomic E-state index is -0.280. The molecule has 1 aliphatic rings. The van der Waals surface area contributed by atoms with Crippen molar-refractivity contribution in [1.82, 2.24) is 25.5 Å². The predicted molar refractivity (Wildman–Crippen MR) is 110 cm³/mol. The third-order valence-electron chi connectivity index (χ3n) is 4.87. The van der Waals surface area contributed by atoms with Gasteiger partial charge in [-0.3, -0.25) is 4.79 Å². The van der Waals surface area contributed by atoms with Crippen LogP contribution in [0.3, 0.4) is 0 Å². The number of anilines is 2. The second kappa shape index (κ2) is 7.96. The monoisotopic (exact) mass is 393 g/mol. The molecule has 0 aliphatic carbocycles. The van der Waals surface area contributed by atoms with Crippen molar-refractivity contribution in [3.8, 4) is 6.01 Å². The maximum absolute atomic E-state index is 12.9. The van der Waals surface area contributed by atoms with Crippen LogP contribution in [0, 0.1) is 0 Å². The summed E-state index contributed by atoms with van der Waals surface area (Å²) in [6, 6.07) is 6.37. The van der Waals surface area contributed by atoms with Crippen LogP contribution < -0.4 is 20.3 Å². The van der Waals surface area contributed by atoms with Gasteiger partial charge in [0.1, 0.15) is 0 Å². The average molecular weight is 393 g/mol. The summed E-state index contributed by atoms with van der Waals surface area (Å²) in [5.74, 6) is -0.280. The number of hydrogen-bond donors (Lipinski definition) is 2. The molecule has 1 amide bonds. The van der Waals surface area contributed by atoms with Gasteiger partial charge in [-0.05, 0) is 32.0 Å². The first kappa shape index (κ1) is 19.0. The summed E-state index contributed by atoms with van der Waals surface area (Å²) in [7, 11) is 1.51. The minimum Gasteiger partial charge on any atom is -0.467 e. The average Bonchev–Trinajstić information content (AvgIpc) is 2.72. The number of rotatable bonds is 4. The van der Waals surface area contributed by atoms with Gasteiger partial charge in [0.15, 0.2) is 0 Å². The number of amides is 1. The van der Waals surface area contributed by atoms with E-state index >= 15 is 0 Å². The molecule has 0 radical (unpaired) electrons. The Morgan fingerprint density at radius 2 is 1.97 bits per heavy atom. The zero-order chi connectivity index (χ0) is 20.4. The molecule has 2 aromatic heterocycles. The number of methoxy groups -OCH3 is 1. The van der Waals surface area contributed by atoms with Gasteiger partial charge in [-0.1, -0.05) is 0 Å². The molecule has 2 N–H and O–H groups in total. The number of nitrogens with zero attached hydrogens (tertiary/aromatic N) is 5. The van der Waals surface area contributed by atoms with Crippen molar-refractivity contribution >= 4 is 28.2 Å². The highest BCUT2D eigenvalue weighted by Crippen LogP contribution is 2.30. The molecule has 1 fully saturated rings. The number of aromatic nitrogens is 4. The maximum atomic E-state index is 12.9. The molecule has 1 saturated heterocycles. The van der Waals surface area contributed by atoms with Crippen molar-refractivity contribution in [2.24, 2.45) is 0 Å². The highest BCUT2D eigenvalue weighted by atomic mass is 16.5. The predicted octanol–water partition coefficient (Wildman–Crippen LogP) is 1.87. The van der Waals surface area contributed by atoms with Crippen molar-refractivity contribution in [3.63, 3.8) is 0 Å². The molecule has 3 aromatic rings. The van der Waals surface area contributed by atoms with E-state index in [4.69, 9.17) is 4.74 Å². The van der Waals surface area contributed by atoms with Gasteiger partial charge in [0.25, 0.3) is 5.91 Å². The Kier molecular flexibility index (Phi) is 5.22. The Labute approximate surface area is 168 Å². The van der Waals surface area contributed by atoms with Crippen molar-refractivity contribution in [2.75, 3.05) is 30.4 Å². The van der Waals surface area contributed by atoms with Gasteiger partial charge in [0.05, 0.1) is 36.3 Å². The van der Waals surface area contributed by atoms with Crippen molar-refractivity contribution in [3.05, 3.63) is 42.4 Å². The van der Waals surface area contributed by atoms with Gasteiger partial charge >= 0.3 is 6.01 Å². The van der Waals surface area contributed by atoms with Crippen molar-refractivity contribution in [1.29, 1.82) is 0 Å². The van der Waals surface area contributed by atoms with E-state index in [1.807, 2.05) is 6.07 Å². The normalized spacial score (nSPS) is 19.2. The summed E-state index contributed by atoms with van der Waals surface area (Å²) in [6.45, 7) is 6.04. The van der Waals surface area contributed by atoms with Crippen LogP contribution in [0.1, 0.15) is 24.2 Å². The number of nitrogens with one attached hydrogen (secondary N) is 2.